The van der Waals surface area contributed by atoms with Crippen molar-refractivity contribution in [3.63, 3.8) is 0 Å². The number of aromatic nitrogens is 2. The van der Waals surface area contributed by atoms with Crippen molar-refractivity contribution >= 4 is 10.0 Å². The van der Waals surface area contributed by atoms with Gasteiger partial charge in [0.15, 0.2) is 0 Å². The second-order valence-corrected chi connectivity index (χ2v) is 6.01. The zero-order valence-corrected chi connectivity index (χ0v) is 12.7. The minimum Gasteiger partial charge on any atom is -0.394 e. The van der Waals surface area contributed by atoms with Crippen LogP contribution in [0.25, 0.3) is 0 Å². The maximum Gasteiger partial charge on any atom is 0.261 e. The first-order chi connectivity index (χ1) is 9.79. The molecule has 21 heavy (non-hydrogen) atoms. The highest BCUT2D eigenvalue weighted by molar-refractivity contribution is 7.89. The highest BCUT2D eigenvalue weighted by Crippen LogP contribution is 2.18. The van der Waals surface area contributed by atoms with Crippen molar-refractivity contribution in [1.29, 1.82) is 0 Å². The Hall–Kier alpha value is -1.10. The van der Waals surface area contributed by atoms with E-state index in [2.05, 4.69) is 14.6 Å². The summed E-state index contributed by atoms with van der Waals surface area (Å²) in [5.41, 5.74) is 0.712. The summed E-state index contributed by atoms with van der Waals surface area (Å²) in [6.07, 6.45) is -2.58. The summed E-state index contributed by atoms with van der Waals surface area (Å²) >= 11 is 0. The average molecular weight is 327 g/mol. The summed E-state index contributed by atoms with van der Waals surface area (Å²) in [7, 11) is -3.80. The monoisotopic (exact) mass is 327 g/mol. The minimum absolute atomic E-state index is 0.0322. The first-order valence-electron chi connectivity index (χ1n) is 6.30. The van der Waals surface area contributed by atoms with Gasteiger partial charge in [0.1, 0.15) is 11.5 Å². The van der Waals surface area contributed by atoms with E-state index in [-0.39, 0.29) is 31.2 Å². The first-order valence-corrected chi connectivity index (χ1v) is 7.78. The fourth-order valence-electron chi connectivity index (χ4n) is 1.87. The second-order valence-electron chi connectivity index (χ2n) is 4.31. The van der Waals surface area contributed by atoms with E-state index in [0.717, 1.165) is 0 Å². The van der Waals surface area contributed by atoms with Crippen molar-refractivity contribution in [2.24, 2.45) is 0 Å². The summed E-state index contributed by atoms with van der Waals surface area (Å²) < 4.78 is 56.3. The van der Waals surface area contributed by atoms with Crippen LogP contribution in [-0.4, -0.2) is 56.1 Å². The molecule has 0 amide bonds. The van der Waals surface area contributed by atoms with Crippen molar-refractivity contribution in [3.8, 4) is 0 Å². The van der Waals surface area contributed by atoms with Crippen LogP contribution in [0.1, 0.15) is 11.4 Å². The molecule has 0 aromatic carbocycles. The molecule has 1 rings (SSSR count). The number of aliphatic hydroxyl groups excluding tert-OH is 1. The Bertz CT molecular complexity index is 560. The molecule has 0 aliphatic carbocycles. The van der Waals surface area contributed by atoms with E-state index in [1.807, 2.05) is 0 Å². The number of ether oxygens (including phenoxy) is 1. The molecule has 0 spiro atoms. The van der Waals surface area contributed by atoms with Gasteiger partial charge in [0.25, 0.3) is 6.43 Å². The fraction of sp³-hybridized carbons (Fsp3) is 0.727. The molecule has 2 N–H and O–H groups in total. The van der Waals surface area contributed by atoms with Gasteiger partial charge < -0.3 is 9.84 Å². The highest BCUT2D eigenvalue weighted by Gasteiger charge is 2.24. The van der Waals surface area contributed by atoms with E-state index in [4.69, 9.17) is 5.11 Å². The highest BCUT2D eigenvalue weighted by atomic mass is 32.2. The van der Waals surface area contributed by atoms with Crippen LogP contribution in [0.5, 0.6) is 0 Å². The quantitative estimate of drug-likeness (QED) is 0.625. The van der Waals surface area contributed by atoms with Gasteiger partial charge in [-0.15, -0.1) is 0 Å². The Morgan fingerprint density at radius 2 is 2.10 bits per heavy atom. The largest absolute Gasteiger partial charge is 0.394 e. The number of hydrogen-bond acceptors (Lipinski definition) is 5. The third-order valence-electron chi connectivity index (χ3n) is 2.68. The predicted molar refractivity (Wildman–Crippen MR) is 70.8 cm³/mol. The summed E-state index contributed by atoms with van der Waals surface area (Å²) in [6, 6.07) is 0. The van der Waals surface area contributed by atoms with Gasteiger partial charge >= 0.3 is 0 Å². The van der Waals surface area contributed by atoms with Crippen LogP contribution in [0.4, 0.5) is 8.78 Å². The smallest absolute Gasteiger partial charge is 0.261 e. The van der Waals surface area contributed by atoms with Crippen molar-refractivity contribution in [2.75, 3.05) is 26.4 Å². The van der Waals surface area contributed by atoms with Gasteiger partial charge in [-0.3, -0.25) is 4.68 Å². The van der Waals surface area contributed by atoms with Gasteiger partial charge in [-0.25, -0.2) is 21.9 Å². The Morgan fingerprint density at radius 3 is 2.67 bits per heavy atom. The van der Waals surface area contributed by atoms with E-state index in [0.29, 0.717) is 11.4 Å². The molecule has 0 saturated carbocycles. The van der Waals surface area contributed by atoms with Gasteiger partial charge in [-0.2, -0.15) is 5.10 Å². The molecule has 0 fully saturated rings. The lowest BCUT2D eigenvalue weighted by Gasteiger charge is -2.08. The molecule has 1 aromatic heterocycles. The summed E-state index contributed by atoms with van der Waals surface area (Å²) in [5.74, 6) is 0. The van der Waals surface area contributed by atoms with Crippen molar-refractivity contribution in [1.82, 2.24) is 14.5 Å². The molecular weight excluding hydrogens is 308 g/mol. The van der Waals surface area contributed by atoms with E-state index >= 15 is 0 Å². The van der Waals surface area contributed by atoms with Gasteiger partial charge in [0, 0.05) is 6.54 Å². The van der Waals surface area contributed by atoms with Gasteiger partial charge in [0.2, 0.25) is 10.0 Å². The third-order valence-corrected chi connectivity index (χ3v) is 4.39. The zero-order chi connectivity index (χ0) is 16.0. The Morgan fingerprint density at radius 1 is 1.43 bits per heavy atom. The molecule has 0 aliphatic heterocycles. The molecule has 1 heterocycles. The molecule has 7 nitrogen and oxygen atoms in total. The number of aryl methyl sites for hydroxylation is 1. The number of rotatable bonds is 9. The summed E-state index contributed by atoms with van der Waals surface area (Å²) in [6.45, 7) is 2.18. The van der Waals surface area contributed by atoms with Gasteiger partial charge in [-0.05, 0) is 13.8 Å². The van der Waals surface area contributed by atoms with Gasteiger partial charge in [0.05, 0.1) is 31.1 Å². The number of hydrogen-bond donors (Lipinski definition) is 2. The fourth-order valence-corrected chi connectivity index (χ4v) is 3.30. The molecule has 0 unspecified atom stereocenters. The summed E-state index contributed by atoms with van der Waals surface area (Å²) in [5, 5.41) is 12.9. The van der Waals surface area contributed by atoms with Gasteiger partial charge in [-0.1, -0.05) is 0 Å². The van der Waals surface area contributed by atoms with Crippen LogP contribution < -0.4 is 4.72 Å². The molecule has 10 heteroatoms. The second kappa shape index (κ2) is 7.78. The number of halogens is 2. The normalized spacial score (nSPS) is 12.3. The van der Waals surface area contributed by atoms with E-state index in [9.17, 15) is 17.2 Å². The number of sulfonamides is 1. The standard InChI is InChI=1S/C11H19F2N3O4S/c1-8-11(9(2)16(15-8)4-5-17)21(18,19)14-3-6-20-7-10(12)13/h10,14,17H,3-7H2,1-2H3. The van der Waals surface area contributed by atoms with Crippen LogP contribution in [0.2, 0.25) is 0 Å². The Labute approximate surface area is 122 Å². The van der Waals surface area contributed by atoms with E-state index < -0.39 is 23.1 Å². The van der Waals surface area contributed by atoms with E-state index in [1.165, 1.54) is 4.68 Å². The maximum atomic E-state index is 12.2. The first kappa shape index (κ1) is 18.0. The molecule has 0 atom stereocenters. The molecule has 0 saturated heterocycles. The SMILES string of the molecule is Cc1nn(CCO)c(C)c1S(=O)(=O)NCCOCC(F)F. The predicted octanol–water partition coefficient (Wildman–Crippen LogP) is 0.0522. The Balaban J connectivity index is 2.70. The number of nitrogens with one attached hydrogen (secondary N) is 1. The molecule has 0 aliphatic rings. The van der Waals surface area contributed by atoms with Crippen LogP contribution in [0, 0.1) is 13.8 Å². The number of alkyl halides is 2. The molecule has 0 bridgehead atoms. The molecule has 0 radical (unpaired) electrons. The number of aliphatic hydroxyl groups is 1. The van der Waals surface area contributed by atoms with Crippen molar-refractivity contribution in [3.05, 3.63) is 11.4 Å². The molecule has 1 aromatic rings. The summed E-state index contributed by atoms with van der Waals surface area (Å²) in [4.78, 5) is 0.0322. The molecule has 122 valence electrons. The van der Waals surface area contributed by atoms with Crippen LogP contribution in [0.3, 0.4) is 0 Å². The van der Waals surface area contributed by atoms with Crippen molar-refractivity contribution < 1.29 is 27.0 Å². The third kappa shape index (κ3) is 4.99. The lowest BCUT2D eigenvalue weighted by atomic mass is 10.4. The van der Waals surface area contributed by atoms with Crippen LogP contribution in [-0.2, 0) is 21.3 Å². The molecular formula is C11H19F2N3O4S. The average Bonchev–Trinajstić information content (AvgIpc) is 2.64. The zero-order valence-electron chi connectivity index (χ0n) is 11.8. The number of nitrogens with zero attached hydrogens (tertiary/aromatic N) is 2. The topological polar surface area (TPSA) is 93.5 Å². The van der Waals surface area contributed by atoms with Crippen LogP contribution in [0.15, 0.2) is 4.90 Å². The van der Waals surface area contributed by atoms with Crippen LogP contribution >= 0.6 is 0 Å². The lowest BCUT2D eigenvalue weighted by molar-refractivity contribution is 0.0199. The van der Waals surface area contributed by atoms with E-state index in [1.54, 1.807) is 13.8 Å². The maximum absolute atomic E-state index is 12.2. The Kier molecular flexibility index (Phi) is 6.65. The van der Waals surface area contributed by atoms with Crippen molar-refractivity contribution in [2.45, 2.75) is 31.7 Å². The minimum atomic E-state index is -3.80. The lowest BCUT2D eigenvalue weighted by Crippen LogP contribution is -2.28.